The summed E-state index contributed by atoms with van der Waals surface area (Å²) in [5.74, 6) is -0.565. The molecule has 0 aromatic heterocycles. The van der Waals surface area contributed by atoms with Gasteiger partial charge in [0, 0.05) is 18.7 Å². The van der Waals surface area contributed by atoms with E-state index in [9.17, 15) is 21.6 Å². The predicted molar refractivity (Wildman–Crippen MR) is 64.7 cm³/mol. The highest BCUT2D eigenvalue weighted by molar-refractivity contribution is 7.89. The van der Waals surface area contributed by atoms with Crippen LogP contribution in [-0.4, -0.2) is 33.9 Å². The van der Waals surface area contributed by atoms with E-state index >= 15 is 0 Å². The monoisotopic (exact) mass is 310 g/mol. The largest absolute Gasteiger partial charge is 0.573 e. The normalized spacial score (nSPS) is 20.1. The highest BCUT2D eigenvalue weighted by Crippen LogP contribution is 2.25. The van der Waals surface area contributed by atoms with E-state index < -0.39 is 22.1 Å². The number of rotatable bonds is 4. The Bertz CT molecular complexity index is 569. The van der Waals surface area contributed by atoms with Crippen molar-refractivity contribution in [1.29, 1.82) is 0 Å². The van der Waals surface area contributed by atoms with Crippen LogP contribution < -0.4 is 14.8 Å². The molecule has 1 atom stereocenters. The Labute approximate surface area is 114 Å². The van der Waals surface area contributed by atoms with Gasteiger partial charge < -0.3 is 10.1 Å². The van der Waals surface area contributed by atoms with Crippen molar-refractivity contribution in [2.45, 2.75) is 23.7 Å². The molecule has 1 aliphatic heterocycles. The number of sulfonamides is 1. The van der Waals surface area contributed by atoms with E-state index in [-0.39, 0.29) is 10.9 Å². The van der Waals surface area contributed by atoms with Crippen LogP contribution in [0.2, 0.25) is 0 Å². The molecule has 0 unspecified atom stereocenters. The first-order valence-electron chi connectivity index (χ1n) is 5.85. The zero-order chi connectivity index (χ0) is 14.8. The Morgan fingerprint density at radius 2 is 2.10 bits per heavy atom. The number of alkyl halides is 3. The minimum Gasteiger partial charge on any atom is -0.406 e. The number of benzene rings is 1. The zero-order valence-corrected chi connectivity index (χ0v) is 11.1. The van der Waals surface area contributed by atoms with Gasteiger partial charge in [0.2, 0.25) is 10.0 Å². The second kappa shape index (κ2) is 5.58. The highest BCUT2D eigenvalue weighted by atomic mass is 32.2. The molecule has 0 aliphatic carbocycles. The zero-order valence-electron chi connectivity index (χ0n) is 10.3. The summed E-state index contributed by atoms with van der Waals surface area (Å²) < 4.78 is 66.5. The second-order valence-corrected chi connectivity index (χ2v) is 6.05. The Morgan fingerprint density at radius 3 is 2.70 bits per heavy atom. The first kappa shape index (κ1) is 15.1. The van der Waals surface area contributed by atoms with Crippen LogP contribution in [0, 0.1) is 0 Å². The van der Waals surface area contributed by atoms with Gasteiger partial charge in [0.25, 0.3) is 0 Å². The summed E-state index contributed by atoms with van der Waals surface area (Å²) in [6, 6.07) is 4.05. The Hall–Kier alpha value is -1.32. The Kier molecular flexibility index (Phi) is 4.21. The molecule has 112 valence electrons. The molecule has 2 rings (SSSR count). The van der Waals surface area contributed by atoms with E-state index in [1.54, 1.807) is 0 Å². The number of ether oxygens (including phenoxy) is 1. The predicted octanol–water partition coefficient (Wildman–Crippen LogP) is 1.23. The molecule has 1 saturated heterocycles. The lowest BCUT2D eigenvalue weighted by Gasteiger charge is -2.13. The van der Waals surface area contributed by atoms with Crippen molar-refractivity contribution in [2.75, 3.05) is 13.1 Å². The van der Waals surface area contributed by atoms with Crippen molar-refractivity contribution in [3.05, 3.63) is 24.3 Å². The molecule has 5 nitrogen and oxygen atoms in total. The lowest BCUT2D eigenvalue weighted by atomic mass is 10.3. The van der Waals surface area contributed by atoms with Gasteiger partial charge in [0.1, 0.15) is 5.75 Å². The van der Waals surface area contributed by atoms with E-state index in [1.807, 2.05) is 0 Å². The molecule has 0 bridgehead atoms. The van der Waals surface area contributed by atoms with Gasteiger partial charge in [0.15, 0.2) is 0 Å². The van der Waals surface area contributed by atoms with Crippen LogP contribution in [0.1, 0.15) is 6.42 Å². The van der Waals surface area contributed by atoms with Crippen LogP contribution in [0.4, 0.5) is 13.2 Å². The highest BCUT2D eigenvalue weighted by Gasteiger charge is 2.31. The van der Waals surface area contributed by atoms with E-state index in [1.165, 1.54) is 12.1 Å². The Balaban J connectivity index is 2.16. The van der Waals surface area contributed by atoms with Crippen molar-refractivity contribution in [3.8, 4) is 5.75 Å². The van der Waals surface area contributed by atoms with Gasteiger partial charge in [-0.25, -0.2) is 13.1 Å². The summed E-state index contributed by atoms with van der Waals surface area (Å²) in [6.45, 7) is 1.20. The van der Waals surface area contributed by atoms with Crippen molar-refractivity contribution in [3.63, 3.8) is 0 Å². The maximum Gasteiger partial charge on any atom is 0.573 e. The fraction of sp³-hybridized carbons (Fsp3) is 0.455. The molecule has 9 heteroatoms. The molecule has 1 heterocycles. The van der Waals surface area contributed by atoms with E-state index in [0.29, 0.717) is 19.5 Å². The molecule has 0 amide bonds. The smallest absolute Gasteiger partial charge is 0.406 e. The summed E-state index contributed by atoms with van der Waals surface area (Å²) >= 11 is 0. The molecule has 0 radical (unpaired) electrons. The fourth-order valence-corrected chi connectivity index (χ4v) is 3.19. The van der Waals surface area contributed by atoms with Crippen LogP contribution in [0.25, 0.3) is 0 Å². The van der Waals surface area contributed by atoms with Crippen molar-refractivity contribution in [2.24, 2.45) is 0 Å². The molecule has 0 spiro atoms. The topological polar surface area (TPSA) is 67.4 Å². The first-order valence-corrected chi connectivity index (χ1v) is 7.33. The van der Waals surface area contributed by atoms with Crippen LogP contribution in [0.3, 0.4) is 0 Å². The third-order valence-electron chi connectivity index (χ3n) is 2.73. The quantitative estimate of drug-likeness (QED) is 0.878. The van der Waals surface area contributed by atoms with E-state index in [4.69, 9.17) is 0 Å². The maximum atomic E-state index is 12.1. The standard InChI is InChI=1S/C11H13F3N2O3S/c12-11(13,14)19-9-2-1-3-10(6-9)20(17,18)16-8-4-5-15-7-8/h1-3,6,8,15-16H,4-5,7H2/t8-/m1/s1. The lowest BCUT2D eigenvalue weighted by Crippen LogP contribution is -2.36. The van der Waals surface area contributed by atoms with Gasteiger partial charge in [0.05, 0.1) is 4.90 Å². The van der Waals surface area contributed by atoms with Crippen molar-refractivity contribution in [1.82, 2.24) is 10.0 Å². The molecular formula is C11H13F3N2O3S. The number of nitrogens with one attached hydrogen (secondary N) is 2. The third-order valence-corrected chi connectivity index (χ3v) is 4.25. The van der Waals surface area contributed by atoms with Crippen LogP contribution in [0.15, 0.2) is 29.2 Å². The van der Waals surface area contributed by atoms with Gasteiger partial charge in [-0.2, -0.15) is 0 Å². The first-order chi connectivity index (χ1) is 9.26. The second-order valence-electron chi connectivity index (χ2n) is 4.33. The Morgan fingerprint density at radius 1 is 1.35 bits per heavy atom. The average molecular weight is 310 g/mol. The van der Waals surface area contributed by atoms with Crippen LogP contribution >= 0.6 is 0 Å². The van der Waals surface area contributed by atoms with E-state index in [2.05, 4.69) is 14.8 Å². The van der Waals surface area contributed by atoms with Gasteiger partial charge in [-0.05, 0) is 25.1 Å². The average Bonchev–Trinajstić information content (AvgIpc) is 2.79. The summed E-state index contributed by atoms with van der Waals surface area (Å²) in [5.41, 5.74) is 0. The van der Waals surface area contributed by atoms with Crippen molar-refractivity contribution >= 4 is 10.0 Å². The molecule has 0 saturated carbocycles. The molecule has 1 aromatic carbocycles. The molecule has 1 aliphatic rings. The van der Waals surface area contributed by atoms with Gasteiger partial charge in [-0.1, -0.05) is 6.07 Å². The molecular weight excluding hydrogens is 297 g/mol. The number of hydrogen-bond donors (Lipinski definition) is 2. The summed E-state index contributed by atoms with van der Waals surface area (Å²) in [5, 5.41) is 2.99. The molecule has 1 fully saturated rings. The maximum absolute atomic E-state index is 12.1. The molecule has 20 heavy (non-hydrogen) atoms. The lowest BCUT2D eigenvalue weighted by molar-refractivity contribution is -0.274. The number of halogens is 3. The molecule has 1 aromatic rings. The summed E-state index contributed by atoms with van der Waals surface area (Å²) in [4.78, 5) is -0.258. The van der Waals surface area contributed by atoms with Crippen molar-refractivity contribution < 1.29 is 26.3 Å². The minimum atomic E-state index is -4.86. The molecule has 2 N–H and O–H groups in total. The van der Waals surface area contributed by atoms with E-state index in [0.717, 1.165) is 12.1 Å². The fourth-order valence-electron chi connectivity index (χ4n) is 1.88. The minimum absolute atomic E-state index is 0.257. The van der Waals surface area contributed by atoms with Gasteiger partial charge in [-0.3, -0.25) is 0 Å². The summed E-state index contributed by atoms with van der Waals surface area (Å²) in [7, 11) is -3.86. The van der Waals surface area contributed by atoms with Gasteiger partial charge in [-0.15, -0.1) is 13.2 Å². The SMILES string of the molecule is O=S(=O)(N[C@@H]1CCNC1)c1cccc(OC(F)(F)F)c1. The van der Waals surface area contributed by atoms with Crippen LogP contribution in [0.5, 0.6) is 5.75 Å². The number of hydrogen-bond acceptors (Lipinski definition) is 4. The third kappa shape index (κ3) is 4.09. The van der Waals surface area contributed by atoms with Gasteiger partial charge >= 0.3 is 6.36 Å². The summed E-state index contributed by atoms with van der Waals surface area (Å²) in [6.07, 6.45) is -4.22. The van der Waals surface area contributed by atoms with Crippen LogP contribution in [-0.2, 0) is 10.0 Å².